The topological polar surface area (TPSA) is 71.3 Å². The third kappa shape index (κ3) is 3.08. The maximum absolute atomic E-state index is 12.8. The van der Waals surface area contributed by atoms with E-state index in [1.165, 1.54) is 0 Å². The summed E-state index contributed by atoms with van der Waals surface area (Å²) in [6, 6.07) is 13.0. The van der Waals surface area contributed by atoms with Gasteiger partial charge in [-0.2, -0.15) is 0 Å². The second kappa shape index (κ2) is 6.33. The lowest BCUT2D eigenvalue weighted by molar-refractivity contribution is -0.117. The third-order valence-electron chi connectivity index (χ3n) is 4.76. The van der Waals surface area contributed by atoms with Crippen LogP contribution >= 0.6 is 0 Å². The first kappa shape index (κ1) is 16.4. The molecule has 3 aromatic rings. The fraction of sp³-hybridized carbons (Fsp3) is 0.238. The van der Waals surface area contributed by atoms with Gasteiger partial charge in [0.2, 0.25) is 11.7 Å². The second-order valence-electron chi connectivity index (χ2n) is 6.82. The lowest BCUT2D eigenvalue weighted by Gasteiger charge is -2.08. The molecule has 4 rings (SSSR count). The number of anilines is 2. The normalized spacial score (nSPS) is 13.6. The zero-order chi connectivity index (χ0) is 18.3. The molecule has 0 spiro atoms. The maximum Gasteiger partial charge on any atom is 0.293 e. The third-order valence-corrected chi connectivity index (χ3v) is 4.76. The predicted molar refractivity (Wildman–Crippen MR) is 101 cm³/mol. The highest BCUT2D eigenvalue weighted by molar-refractivity contribution is 6.14. The summed E-state index contributed by atoms with van der Waals surface area (Å²) < 4.78 is 5.76. The lowest BCUT2D eigenvalue weighted by Crippen LogP contribution is -2.18. The van der Waals surface area contributed by atoms with Crippen molar-refractivity contribution < 1.29 is 14.0 Å². The Morgan fingerprint density at radius 2 is 1.77 bits per heavy atom. The SMILES string of the molecule is Cc1ccc(NC(=O)c2oc3ccccc3c2NC(=O)C2CC2)cc1C. The molecule has 5 heteroatoms. The molecule has 2 amide bonds. The van der Waals surface area contributed by atoms with Crippen LogP contribution in [0.5, 0.6) is 0 Å². The first-order chi connectivity index (χ1) is 12.5. The number of furan rings is 1. The Hall–Kier alpha value is -3.08. The molecule has 0 unspecified atom stereocenters. The maximum atomic E-state index is 12.8. The van der Waals surface area contributed by atoms with E-state index < -0.39 is 0 Å². The quantitative estimate of drug-likeness (QED) is 0.721. The smallest absolute Gasteiger partial charge is 0.293 e. The van der Waals surface area contributed by atoms with Crippen LogP contribution in [0.2, 0.25) is 0 Å². The van der Waals surface area contributed by atoms with Gasteiger partial charge >= 0.3 is 0 Å². The van der Waals surface area contributed by atoms with Gasteiger partial charge in [0.1, 0.15) is 11.3 Å². The van der Waals surface area contributed by atoms with Gasteiger partial charge in [0.05, 0.1) is 0 Å². The predicted octanol–water partition coefficient (Wildman–Crippen LogP) is 4.65. The van der Waals surface area contributed by atoms with Crippen molar-refractivity contribution in [3.63, 3.8) is 0 Å². The van der Waals surface area contributed by atoms with E-state index in [4.69, 9.17) is 4.42 Å². The summed E-state index contributed by atoms with van der Waals surface area (Å²) in [5, 5.41) is 6.48. The van der Waals surface area contributed by atoms with Gasteiger partial charge in [-0.15, -0.1) is 0 Å². The van der Waals surface area contributed by atoms with Gasteiger partial charge in [-0.1, -0.05) is 18.2 Å². The molecule has 0 bridgehead atoms. The van der Waals surface area contributed by atoms with E-state index in [1.54, 1.807) is 6.07 Å². The van der Waals surface area contributed by atoms with Crippen LogP contribution in [0.15, 0.2) is 46.9 Å². The Bertz CT molecular complexity index is 1020. The number of benzene rings is 2. The Balaban J connectivity index is 1.68. The van der Waals surface area contributed by atoms with Gasteiger partial charge in [0.15, 0.2) is 0 Å². The van der Waals surface area contributed by atoms with E-state index >= 15 is 0 Å². The fourth-order valence-electron chi connectivity index (χ4n) is 2.91. The largest absolute Gasteiger partial charge is 0.449 e. The first-order valence-electron chi connectivity index (χ1n) is 8.74. The molecule has 0 aliphatic heterocycles. The summed E-state index contributed by atoms with van der Waals surface area (Å²) in [6.07, 6.45) is 1.79. The molecule has 0 saturated heterocycles. The molecular formula is C21H20N2O3. The van der Waals surface area contributed by atoms with E-state index in [2.05, 4.69) is 10.6 Å². The van der Waals surface area contributed by atoms with Crippen molar-refractivity contribution in [2.24, 2.45) is 5.92 Å². The Kier molecular flexibility index (Phi) is 3.99. The molecule has 0 radical (unpaired) electrons. The summed E-state index contributed by atoms with van der Waals surface area (Å²) in [4.78, 5) is 25.1. The number of nitrogens with one attached hydrogen (secondary N) is 2. The molecule has 132 valence electrons. The zero-order valence-corrected chi connectivity index (χ0v) is 14.8. The summed E-state index contributed by atoms with van der Waals surface area (Å²) in [6.45, 7) is 4.01. The molecule has 1 aliphatic carbocycles. The summed E-state index contributed by atoms with van der Waals surface area (Å²) in [5.41, 5.74) is 3.96. The minimum absolute atomic E-state index is 0.0410. The van der Waals surface area contributed by atoms with E-state index in [1.807, 2.05) is 50.2 Å². The monoisotopic (exact) mass is 348 g/mol. The zero-order valence-electron chi connectivity index (χ0n) is 14.8. The van der Waals surface area contributed by atoms with Gasteiger partial charge < -0.3 is 15.1 Å². The van der Waals surface area contributed by atoms with Crippen molar-refractivity contribution in [3.05, 3.63) is 59.4 Å². The van der Waals surface area contributed by atoms with Crippen LogP contribution in [0.25, 0.3) is 11.0 Å². The molecule has 2 aromatic carbocycles. The van der Waals surface area contributed by atoms with Crippen LogP contribution in [0.1, 0.15) is 34.5 Å². The Morgan fingerprint density at radius 1 is 1.00 bits per heavy atom. The van der Waals surface area contributed by atoms with Gasteiger partial charge in [-0.25, -0.2) is 0 Å². The number of rotatable bonds is 4. The average Bonchev–Trinajstić information content (AvgIpc) is 3.41. The minimum Gasteiger partial charge on any atom is -0.449 e. The lowest BCUT2D eigenvalue weighted by atomic mass is 10.1. The van der Waals surface area contributed by atoms with Crippen LogP contribution in [-0.2, 0) is 4.79 Å². The highest BCUT2D eigenvalue weighted by Gasteiger charge is 2.32. The Labute approximate surface area is 151 Å². The summed E-state index contributed by atoms with van der Waals surface area (Å²) in [5.74, 6) is -0.273. The number of carbonyl (C=O) groups is 2. The molecule has 1 heterocycles. The number of amides is 2. The van der Waals surface area contributed by atoms with Gasteiger partial charge in [-0.3, -0.25) is 9.59 Å². The molecular weight excluding hydrogens is 328 g/mol. The van der Waals surface area contributed by atoms with E-state index in [0.29, 0.717) is 17.0 Å². The van der Waals surface area contributed by atoms with Crippen LogP contribution in [-0.4, -0.2) is 11.8 Å². The number of para-hydroxylation sites is 1. The van der Waals surface area contributed by atoms with Crippen molar-refractivity contribution in [2.45, 2.75) is 26.7 Å². The van der Waals surface area contributed by atoms with E-state index in [9.17, 15) is 9.59 Å². The highest BCUT2D eigenvalue weighted by atomic mass is 16.3. The highest BCUT2D eigenvalue weighted by Crippen LogP contribution is 2.35. The number of aryl methyl sites for hydroxylation is 2. The molecule has 1 fully saturated rings. The standard InChI is InChI=1S/C21H20N2O3/c1-12-7-10-15(11-13(12)2)22-21(25)19-18(23-20(24)14-8-9-14)16-5-3-4-6-17(16)26-19/h3-7,10-11,14H,8-9H2,1-2H3,(H,22,25)(H,23,24). The molecule has 0 atom stereocenters. The molecule has 1 aliphatic rings. The van der Waals surface area contributed by atoms with Crippen LogP contribution < -0.4 is 10.6 Å². The van der Waals surface area contributed by atoms with Crippen LogP contribution in [0, 0.1) is 19.8 Å². The second-order valence-corrected chi connectivity index (χ2v) is 6.82. The number of carbonyl (C=O) groups excluding carboxylic acids is 2. The van der Waals surface area contributed by atoms with Gasteiger partial charge in [0, 0.05) is 17.0 Å². The minimum atomic E-state index is -0.379. The van der Waals surface area contributed by atoms with Crippen molar-refractivity contribution >= 4 is 34.2 Å². The molecule has 26 heavy (non-hydrogen) atoms. The van der Waals surface area contributed by atoms with Gasteiger partial charge in [-0.05, 0) is 62.1 Å². The van der Waals surface area contributed by atoms with Crippen molar-refractivity contribution in [3.8, 4) is 0 Å². The van der Waals surface area contributed by atoms with Crippen molar-refractivity contribution in [2.75, 3.05) is 10.6 Å². The van der Waals surface area contributed by atoms with Crippen molar-refractivity contribution in [1.29, 1.82) is 0 Å². The molecule has 1 saturated carbocycles. The first-order valence-corrected chi connectivity index (χ1v) is 8.74. The summed E-state index contributed by atoms with van der Waals surface area (Å²) >= 11 is 0. The molecule has 1 aromatic heterocycles. The molecule has 5 nitrogen and oxygen atoms in total. The number of fused-ring (bicyclic) bond motifs is 1. The van der Waals surface area contributed by atoms with Crippen LogP contribution in [0.3, 0.4) is 0 Å². The van der Waals surface area contributed by atoms with Crippen molar-refractivity contribution in [1.82, 2.24) is 0 Å². The van der Waals surface area contributed by atoms with Crippen LogP contribution in [0.4, 0.5) is 11.4 Å². The Morgan fingerprint density at radius 3 is 2.50 bits per heavy atom. The average molecular weight is 348 g/mol. The fourth-order valence-corrected chi connectivity index (χ4v) is 2.91. The van der Waals surface area contributed by atoms with E-state index in [-0.39, 0.29) is 23.5 Å². The van der Waals surface area contributed by atoms with E-state index in [0.717, 1.165) is 29.4 Å². The number of hydrogen-bond acceptors (Lipinski definition) is 3. The van der Waals surface area contributed by atoms with Gasteiger partial charge in [0.25, 0.3) is 5.91 Å². The summed E-state index contributed by atoms with van der Waals surface area (Å²) in [7, 11) is 0. The number of hydrogen-bond donors (Lipinski definition) is 2. The molecule has 2 N–H and O–H groups in total.